The van der Waals surface area contributed by atoms with E-state index in [1.165, 1.54) is 51.4 Å². The van der Waals surface area contributed by atoms with Crippen molar-refractivity contribution in [2.24, 2.45) is 28.6 Å². The topological polar surface area (TPSA) is 26.3 Å². The zero-order valence-electron chi connectivity index (χ0n) is 15.1. The van der Waals surface area contributed by atoms with Gasteiger partial charge in [0, 0.05) is 12.3 Å². The van der Waals surface area contributed by atoms with Crippen LogP contribution in [0.3, 0.4) is 0 Å². The molecular formula is C21H32O2. The van der Waals surface area contributed by atoms with Crippen LogP contribution in [-0.2, 0) is 9.53 Å². The van der Waals surface area contributed by atoms with Crippen LogP contribution in [-0.4, -0.2) is 12.1 Å². The molecule has 0 N–H and O–H groups in total. The molecule has 128 valence electrons. The van der Waals surface area contributed by atoms with E-state index in [0.29, 0.717) is 5.41 Å². The second kappa shape index (κ2) is 5.36. The van der Waals surface area contributed by atoms with E-state index in [0.717, 1.165) is 24.2 Å². The molecule has 4 rings (SSSR count). The molecule has 0 heterocycles. The van der Waals surface area contributed by atoms with Gasteiger partial charge in [-0.15, -0.1) is 0 Å². The molecule has 23 heavy (non-hydrogen) atoms. The standard InChI is InChI=1S/C21H32O2/c1-14(22)23-19-10-9-17-16-8-7-15-6-4-5-12-20(15,2)18(16)11-13-21(17,19)3/h6,16-19H,4-5,7-13H2,1-3H3/t16-,17-,18+,19-,20+,21-/m0/s1. The van der Waals surface area contributed by atoms with E-state index in [-0.39, 0.29) is 17.5 Å². The molecule has 0 saturated heterocycles. The number of ether oxygens (including phenoxy) is 1. The normalized spacial score (nSPS) is 48.7. The largest absolute Gasteiger partial charge is 0.462 e. The van der Waals surface area contributed by atoms with E-state index in [1.54, 1.807) is 12.5 Å². The van der Waals surface area contributed by atoms with Gasteiger partial charge in [0.1, 0.15) is 6.10 Å². The van der Waals surface area contributed by atoms with Crippen molar-refractivity contribution in [2.75, 3.05) is 0 Å². The first-order valence-electron chi connectivity index (χ1n) is 9.82. The van der Waals surface area contributed by atoms with Crippen LogP contribution >= 0.6 is 0 Å². The van der Waals surface area contributed by atoms with E-state index in [4.69, 9.17) is 4.74 Å². The second-order valence-corrected chi connectivity index (χ2v) is 9.17. The Bertz CT molecular complexity index is 536. The van der Waals surface area contributed by atoms with E-state index < -0.39 is 0 Å². The SMILES string of the molecule is CC(=O)O[C@H]1CC[C@H]2[C@@H]3CCC4=CCCC[C@@]4(C)[C@@H]3CC[C@]12C. The van der Waals surface area contributed by atoms with Crippen molar-refractivity contribution < 1.29 is 9.53 Å². The third-order valence-electron chi connectivity index (χ3n) is 8.25. The van der Waals surface area contributed by atoms with Crippen LogP contribution < -0.4 is 0 Å². The maximum Gasteiger partial charge on any atom is 0.302 e. The van der Waals surface area contributed by atoms with Crippen molar-refractivity contribution in [3.05, 3.63) is 11.6 Å². The average Bonchev–Trinajstić information content (AvgIpc) is 2.83. The van der Waals surface area contributed by atoms with Gasteiger partial charge >= 0.3 is 5.97 Å². The third-order valence-corrected chi connectivity index (χ3v) is 8.25. The number of fused-ring (bicyclic) bond motifs is 5. The average molecular weight is 316 g/mol. The Kier molecular flexibility index (Phi) is 3.66. The van der Waals surface area contributed by atoms with Gasteiger partial charge in [0.15, 0.2) is 0 Å². The van der Waals surface area contributed by atoms with Crippen molar-refractivity contribution in [1.82, 2.24) is 0 Å². The molecule has 0 amide bonds. The number of allylic oxidation sites excluding steroid dienone is 2. The molecule has 2 heteroatoms. The Morgan fingerprint density at radius 3 is 2.74 bits per heavy atom. The second-order valence-electron chi connectivity index (χ2n) is 9.17. The molecular weight excluding hydrogens is 284 g/mol. The highest BCUT2D eigenvalue weighted by molar-refractivity contribution is 5.66. The minimum absolute atomic E-state index is 0.0906. The van der Waals surface area contributed by atoms with Crippen molar-refractivity contribution in [1.29, 1.82) is 0 Å². The summed E-state index contributed by atoms with van der Waals surface area (Å²) in [5, 5.41) is 0. The maximum absolute atomic E-state index is 11.5. The van der Waals surface area contributed by atoms with E-state index in [9.17, 15) is 4.79 Å². The van der Waals surface area contributed by atoms with Gasteiger partial charge in [-0.2, -0.15) is 0 Å². The highest BCUT2D eigenvalue weighted by atomic mass is 16.5. The third kappa shape index (κ3) is 2.23. The summed E-state index contributed by atoms with van der Waals surface area (Å²) in [5.41, 5.74) is 2.49. The van der Waals surface area contributed by atoms with Crippen LogP contribution in [0.25, 0.3) is 0 Å². The lowest BCUT2D eigenvalue weighted by Crippen LogP contribution is -2.51. The summed E-state index contributed by atoms with van der Waals surface area (Å²) in [5.74, 6) is 2.41. The molecule has 3 fully saturated rings. The maximum atomic E-state index is 11.5. The minimum Gasteiger partial charge on any atom is -0.462 e. The number of rotatable bonds is 1. The number of carbonyl (C=O) groups is 1. The summed E-state index contributed by atoms with van der Waals surface area (Å²) in [7, 11) is 0. The van der Waals surface area contributed by atoms with Gasteiger partial charge in [0.2, 0.25) is 0 Å². The van der Waals surface area contributed by atoms with E-state index in [2.05, 4.69) is 19.9 Å². The van der Waals surface area contributed by atoms with Gasteiger partial charge in [-0.3, -0.25) is 4.79 Å². The number of esters is 1. The monoisotopic (exact) mass is 316 g/mol. The lowest BCUT2D eigenvalue weighted by molar-refractivity contribution is -0.157. The van der Waals surface area contributed by atoms with Crippen molar-refractivity contribution in [2.45, 2.75) is 84.7 Å². The Balaban J connectivity index is 1.61. The Labute approximate surface area is 141 Å². The van der Waals surface area contributed by atoms with Crippen LogP contribution in [0.2, 0.25) is 0 Å². The number of carbonyl (C=O) groups excluding carboxylic acids is 1. The summed E-state index contributed by atoms with van der Waals surface area (Å²) < 4.78 is 5.74. The fraction of sp³-hybridized carbons (Fsp3) is 0.857. The van der Waals surface area contributed by atoms with E-state index in [1.807, 2.05) is 0 Å². The van der Waals surface area contributed by atoms with Crippen LogP contribution in [0.15, 0.2) is 11.6 Å². The fourth-order valence-electron chi connectivity index (χ4n) is 7.10. The lowest BCUT2D eigenvalue weighted by atomic mass is 9.47. The van der Waals surface area contributed by atoms with Crippen LogP contribution in [0.1, 0.15) is 78.6 Å². The summed E-state index contributed by atoms with van der Waals surface area (Å²) >= 11 is 0. The van der Waals surface area contributed by atoms with Gasteiger partial charge in [-0.1, -0.05) is 25.5 Å². The molecule has 0 aliphatic heterocycles. The van der Waals surface area contributed by atoms with E-state index >= 15 is 0 Å². The predicted octanol–water partition coefficient (Wildman–Crippen LogP) is 5.27. The quantitative estimate of drug-likeness (QED) is 0.486. The highest BCUT2D eigenvalue weighted by Gasteiger charge is 2.59. The molecule has 6 atom stereocenters. The van der Waals surface area contributed by atoms with Crippen molar-refractivity contribution >= 4 is 5.97 Å². The molecule has 4 aliphatic rings. The fourth-order valence-corrected chi connectivity index (χ4v) is 7.10. The molecule has 0 aromatic rings. The zero-order valence-corrected chi connectivity index (χ0v) is 15.1. The van der Waals surface area contributed by atoms with Crippen molar-refractivity contribution in [3.63, 3.8) is 0 Å². The number of hydrogen-bond donors (Lipinski definition) is 0. The zero-order chi connectivity index (χ0) is 16.2. The smallest absolute Gasteiger partial charge is 0.302 e. The minimum atomic E-state index is -0.0906. The van der Waals surface area contributed by atoms with Crippen molar-refractivity contribution in [3.8, 4) is 0 Å². The summed E-state index contributed by atoms with van der Waals surface area (Å²) in [4.78, 5) is 11.5. The molecule has 0 unspecified atom stereocenters. The van der Waals surface area contributed by atoms with Crippen LogP contribution in [0, 0.1) is 28.6 Å². The molecule has 3 saturated carbocycles. The van der Waals surface area contributed by atoms with Gasteiger partial charge in [-0.05, 0) is 81.0 Å². The Hall–Kier alpha value is -0.790. The first-order chi connectivity index (χ1) is 10.9. The van der Waals surface area contributed by atoms with Gasteiger partial charge in [0.05, 0.1) is 0 Å². The van der Waals surface area contributed by atoms with Gasteiger partial charge < -0.3 is 4.74 Å². The first-order valence-corrected chi connectivity index (χ1v) is 9.82. The molecule has 0 spiro atoms. The summed E-state index contributed by atoms with van der Waals surface area (Å²) in [6, 6.07) is 0. The highest BCUT2D eigenvalue weighted by Crippen LogP contribution is 2.65. The van der Waals surface area contributed by atoms with Crippen LogP contribution in [0.4, 0.5) is 0 Å². The first kappa shape index (κ1) is 15.7. The molecule has 0 bridgehead atoms. The Morgan fingerprint density at radius 1 is 1.13 bits per heavy atom. The molecule has 0 aromatic heterocycles. The summed E-state index contributed by atoms with van der Waals surface area (Å²) in [6.45, 7) is 6.56. The lowest BCUT2D eigenvalue weighted by Gasteiger charge is -2.58. The molecule has 0 radical (unpaired) electrons. The molecule has 2 nitrogen and oxygen atoms in total. The molecule has 0 aromatic carbocycles. The molecule has 4 aliphatic carbocycles. The number of hydrogen-bond acceptors (Lipinski definition) is 2. The van der Waals surface area contributed by atoms with Crippen LogP contribution in [0.5, 0.6) is 0 Å². The Morgan fingerprint density at radius 2 is 1.96 bits per heavy atom. The van der Waals surface area contributed by atoms with Gasteiger partial charge in [0.25, 0.3) is 0 Å². The predicted molar refractivity (Wildman–Crippen MR) is 91.9 cm³/mol. The summed E-state index contributed by atoms with van der Waals surface area (Å²) in [6.07, 6.45) is 14.5. The van der Waals surface area contributed by atoms with Gasteiger partial charge in [-0.25, -0.2) is 0 Å².